The Balaban J connectivity index is 1.43. The second kappa shape index (κ2) is 9.77. The van der Waals surface area contributed by atoms with Crippen molar-refractivity contribution in [1.82, 2.24) is 14.4 Å². The molecule has 0 radical (unpaired) electrons. The number of rotatable bonds is 0. The highest BCUT2D eigenvalue weighted by atomic mass is 15.0. The number of fused-ring (bicyclic) bond motifs is 15. The van der Waals surface area contributed by atoms with Gasteiger partial charge in [-0.25, -0.2) is 0 Å². The van der Waals surface area contributed by atoms with Gasteiger partial charge in [0.1, 0.15) is 0 Å². The van der Waals surface area contributed by atoms with Gasteiger partial charge < -0.3 is 4.40 Å². The lowest BCUT2D eigenvalue weighted by Gasteiger charge is -2.52. The van der Waals surface area contributed by atoms with Gasteiger partial charge in [0, 0.05) is 37.9 Å². The molecule has 4 aromatic heterocycles. The van der Waals surface area contributed by atoms with E-state index in [-0.39, 0.29) is 48.7 Å². The van der Waals surface area contributed by atoms with Crippen molar-refractivity contribution in [2.75, 3.05) is 0 Å². The van der Waals surface area contributed by atoms with Crippen molar-refractivity contribution in [3.05, 3.63) is 74.9 Å². The molecule has 4 heterocycles. The number of nitrogens with zero attached hydrogens (tertiary/aromatic N) is 3. The van der Waals surface area contributed by atoms with E-state index in [4.69, 9.17) is 9.97 Å². The zero-order chi connectivity index (χ0) is 41.0. The van der Waals surface area contributed by atoms with Crippen molar-refractivity contribution >= 4 is 38.1 Å². The summed E-state index contributed by atoms with van der Waals surface area (Å²) in [5.74, 6) is 0. The molecule has 5 aliphatic carbocycles. The molecule has 3 heteroatoms. The first-order chi connectivity index (χ1) is 26.2. The van der Waals surface area contributed by atoms with E-state index in [1.165, 1.54) is 110 Å². The average molecular weight is 758 g/mol. The van der Waals surface area contributed by atoms with Crippen LogP contribution in [0, 0.1) is 5.41 Å². The molecule has 2 aromatic carbocycles. The SMILES string of the molecule is CC1(C)CCC(C)(C)c2cc3c(cc21)-c1c(ncc2c1c1c4c5c(c6c7c8c(ncc7n2c16)C(C)(C)C(C)(C)C8(C)C)C(C)(C)CCC5(C)CCC4(C)C)C3(C)C. The van der Waals surface area contributed by atoms with Crippen LogP contribution in [0.2, 0.25) is 0 Å². The van der Waals surface area contributed by atoms with E-state index < -0.39 is 0 Å². The second-order valence-electron chi connectivity index (χ2n) is 25.1. The van der Waals surface area contributed by atoms with Crippen LogP contribution in [0.15, 0.2) is 24.5 Å². The van der Waals surface area contributed by atoms with Gasteiger partial charge in [0.2, 0.25) is 0 Å². The molecule has 0 spiro atoms. The van der Waals surface area contributed by atoms with Crippen molar-refractivity contribution in [3.63, 3.8) is 0 Å². The maximum Gasteiger partial charge on any atom is 0.0732 e. The third-order valence-corrected chi connectivity index (χ3v) is 19.2. The lowest BCUT2D eigenvalue weighted by molar-refractivity contribution is 0.124. The van der Waals surface area contributed by atoms with Crippen LogP contribution in [-0.4, -0.2) is 14.4 Å². The Labute approximate surface area is 342 Å². The summed E-state index contributed by atoms with van der Waals surface area (Å²) in [5.41, 5.74) is 20.5. The summed E-state index contributed by atoms with van der Waals surface area (Å²) in [6.45, 7) is 42.7. The average Bonchev–Trinajstić information content (AvgIpc) is 3.74. The minimum Gasteiger partial charge on any atom is -0.305 e. The quantitative estimate of drug-likeness (QED) is 0.154. The van der Waals surface area contributed by atoms with Crippen LogP contribution in [0.3, 0.4) is 0 Å². The first-order valence-corrected chi connectivity index (χ1v) is 22.5. The molecule has 1 unspecified atom stereocenters. The lowest BCUT2D eigenvalue weighted by Crippen LogP contribution is -2.43. The Bertz CT molecular complexity index is 2860. The van der Waals surface area contributed by atoms with Gasteiger partial charge in [-0.05, 0) is 127 Å². The topological polar surface area (TPSA) is 30.2 Å². The third-order valence-electron chi connectivity index (χ3n) is 19.2. The number of hydrogen-bond donors (Lipinski definition) is 0. The summed E-state index contributed by atoms with van der Waals surface area (Å²) < 4.78 is 2.68. The number of hydrogen-bond acceptors (Lipinski definition) is 2. The van der Waals surface area contributed by atoms with Gasteiger partial charge in [-0.1, -0.05) is 124 Å². The van der Waals surface area contributed by atoms with E-state index in [0.29, 0.717) is 0 Å². The fourth-order valence-electron chi connectivity index (χ4n) is 14.1. The molecule has 57 heavy (non-hydrogen) atoms. The van der Waals surface area contributed by atoms with Crippen LogP contribution in [0.25, 0.3) is 49.2 Å². The van der Waals surface area contributed by atoms with Crippen LogP contribution >= 0.6 is 0 Å². The third kappa shape index (κ3) is 3.82. The van der Waals surface area contributed by atoms with Crippen molar-refractivity contribution in [3.8, 4) is 11.1 Å². The van der Waals surface area contributed by atoms with Gasteiger partial charge in [0.15, 0.2) is 0 Å². The van der Waals surface area contributed by atoms with Crippen LogP contribution in [0.5, 0.6) is 0 Å². The van der Waals surface area contributed by atoms with Crippen LogP contribution in [-0.2, 0) is 43.3 Å². The first-order valence-electron chi connectivity index (χ1n) is 22.5. The molecule has 1 atom stereocenters. The molecule has 6 aromatic rings. The minimum atomic E-state index is -0.203. The van der Waals surface area contributed by atoms with Crippen molar-refractivity contribution < 1.29 is 0 Å². The second-order valence-corrected chi connectivity index (χ2v) is 25.1. The van der Waals surface area contributed by atoms with Gasteiger partial charge in [0.05, 0.1) is 40.3 Å². The Hall–Kier alpha value is -3.46. The van der Waals surface area contributed by atoms with E-state index >= 15 is 0 Å². The molecule has 3 nitrogen and oxygen atoms in total. The Kier molecular flexibility index (Phi) is 6.27. The molecule has 0 saturated carbocycles. The van der Waals surface area contributed by atoms with Crippen molar-refractivity contribution in [2.45, 2.75) is 200 Å². The van der Waals surface area contributed by atoms with E-state index in [9.17, 15) is 0 Å². The zero-order valence-corrected chi connectivity index (χ0v) is 38.4. The highest BCUT2D eigenvalue weighted by molar-refractivity contribution is 6.30. The molecule has 0 amide bonds. The zero-order valence-electron chi connectivity index (χ0n) is 38.4. The van der Waals surface area contributed by atoms with Crippen molar-refractivity contribution in [1.29, 1.82) is 0 Å². The summed E-state index contributed by atoms with van der Waals surface area (Å²) in [6.07, 6.45) is 11.9. The van der Waals surface area contributed by atoms with Crippen LogP contribution in [0.1, 0.15) is 207 Å². The summed E-state index contributed by atoms with van der Waals surface area (Å²) in [5, 5.41) is 5.97. The molecule has 11 rings (SSSR count). The van der Waals surface area contributed by atoms with Crippen LogP contribution in [0.4, 0.5) is 0 Å². The Morgan fingerprint density at radius 3 is 1.53 bits per heavy atom. The van der Waals surface area contributed by atoms with E-state index in [0.717, 1.165) is 0 Å². The molecule has 0 aliphatic heterocycles. The number of aromatic nitrogens is 3. The van der Waals surface area contributed by atoms with Gasteiger partial charge in [-0.3, -0.25) is 9.97 Å². The minimum absolute atomic E-state index is 0.0134. The maximum atomic E-state index is 5.62. The summed E-state index contributed by atoms with van der Waals surface area (Å²) in [6, 6.07) is 5.30. The summed E-state index contributed by atoms with van der Waals surface area (Å²) >= 11 is 0. The normalized spacial score (nSPS) is 27.1. The van der Waals surface area contributed by atoms with E-state index in [1.807, 2.05) is 0 Å². The fraction of sp³-hybridized carbons (Fsp3) is 0.593. The smallest absolute Gasteiger partial charge is 0.0732 e. The molecule has 5 aliphatic rings. The van der Waals surface area contributed by atoms with Gasteiger partial charge in [-0.15, -0.1) is 0 Å². The maximum absolute atomic E-state index is 5.62. The van der Waals surface area contributed by atoms with Crippen molar-refractivity contribution in [2.24, 2.45) is 5.41 Å². The summed E-state index contributed by atoms with van der Waals surface area (Å²) in [4.78, 5) is 11.2. The van der Waals surface area contributed by atoms with E-state index in [2.05, 4.69) is 147 Å². The number of pyridine rings is 2. The molecular weight excluding hydrogens is 691 g/mol. The predicted molar refractivity (Wildman–Crippen MR) is 241 cm³/mol. The molecule has 0 fully saturated rings. The first kappa shape index (κ1) is 36.6. The standard InChI is InChI=1S/C54H67N3/c1-46(2)18-19-47(3,4)31-25-29-28(24-30(31)46)34-35-32(26-55-44(34)50(29,9)10)57-33-27-56-45-41(51(11,12)53(15,16)52(45,13)14)36(33)38-40-42-39(37(35)43(38)57)48(5,6)20-22-54(42,17)23-21-49(40,7)8/h24-27H,18-23H2,1-17H3. The molecule has 0 saturated heterocycles. The van der Waals surface area contributed by atoms with Crippen LogP contribution < -0.4 is 0 Å². The largest absolute Gasteiger partial charge is 0.305 e. The van der Waals surface area contributed by atoms with Gasteiger partial charge in [0.25, 0.3) is 0 Å². The van der Waals surface area contributed by atoms with Gasteiger partial charge >= 0.3 is 0 Å². The van der Waals surface area contributed by atoms with Gasteiger partial charge in [-0.2, -0.15) is 0 Å². The summed E-state index contributed by atoms with van der Waals surface area (Å²) in [7, 11) is 0. The highest BCUT2D eigenvalue weighted by Gasteiger charge is 2.60. The monoisotopic (exact) mass is 758 g/mol. The predicted octanol–water partition coefficient (Wildman–Crippen LogP) is 14.3. The van der Waals surface area contributed by atoms with E-state index in [1.54, 1.807) is 27.8 Å². The molecule has 0 N–H and O–H groups in total. The fourth-order valence-corrected chi connectivity index (χ4v) is 14.1. The lowest BCUT2D eigenvalue weighted by atomic mass is 9.52. The number of benzene rings is 2. The molecule has 0 bridgehead atoms. The highest BCUT2D eigenvalue weighted by Crippen LogP contribution is 2.67. The molecule has 298 valence electrons. The Morgan fingerprint density at radius 2 is 0.947 bits per heavy atom. The molecular formula is C54H67N3. The Morgan fingerprint density at radius 1 is 0.456 bits per heavy atom.